The van der Waals surface area contributed by atoms with Crippen LogP contribution in [0.5, 0.6) is 0 Å². The summed E-state index contributed by atoms with van der Waals surface area (Å²) in [5.41, 5.74) is 5.00. The zero-order valence-electron chi connectivity index (χ0n) is 26.6. The topological polar surface area (TPSA) is 84.2 Å². The second kappa shape index (κ2) is 13.6. The lowest BCUT2D eigenvalue weighted by Crippen LogP contribution is -2.73. The van der Waals surface area contributed by atoms with Crippen molar-refractivity contribution >= 4 is 33.6 Å². The monoisotopic (exact) mass is 615 g/mol. The molecule has 1 unspecified atom stereocenters. The minimum atomic E-state index is -0.800. The quantitative estimate of drug-likeness (QED) is 0.142. The molecule has 0 radical (unpaired) electrons. The van der Waals surface area contributed by atoms with Gasteiger partial charge < -0.3 is 25.1 Å². The predicted molar refractivity (Wildman–Crippen MR) is 185 cm³/mol. The van der Waals surface area contributed by atoms with Gasteiger partial charge in [0.15, 0.2) is 0 Å². The Morgan fingerprint density at radius 2 is 1.30 bits per heavy atom. The Kier molecular flexibility index (Phi) is 8.93. The molecule has 5 aromatic rings. The summed E-state index contributed by atoms with van der Waals surface area (Å²) >= 11 is 0. The lowest BCUT2D eigenvalue weighted by atomic mass is 9.80. The number of fused-ring (bicyclic) bond motifs is 2. The van der Waals surface area contributed by atoms with Crippen molar-refractivity contribution in [2.75, 3.05) is 26.2 Å². The molecule has 7 heteroatoms. The summed E-state index contributed by atoms with van der Waals surface area (Å²) in [7, 11) is 0. The number of aromatic nitrogens is 2. The number of rotatable bonds is 12. The first-order valence-electron chi connectivity index (χ1n) is 17.1. The molecule has 2 amide bonds. The van der Waals surface area contributed by atoms with E-state index in [0.717, 1.165) is 48.0 Å². The van der Waals surface area contributed by atoms with Gasteiger partial charge in [-0.3, -0.25) is 9.59 Å². The smallest absolute Gasteiger partial charge is 0.246 e. The van der Waals surface area contributed by atoms with Gasteiger partial charge >= 0.3 is 0 Å². The Morgan fingerprint density at radius 1 is 0.674 bits per heavy atom. The molecule has 2 aliphatic heterocycles. The molecule has 4 heterocycles. The van der Waals surface area contributed by atoms with Crippen LogP contribution >= 0.6 is 0 Å². The number of carbonyl (C=O) groups is 2. The number of aromatic amines is 2. The second-order valence-electron chi connectivity index (χ2n) is 13.2. The largest absolute Gasteiger partial charge is 0.361 e. The summed E-state index contributed by atoms with van der Waals surface area (Å²) in [6.07, 6.45) is 12.6. The third-order valence-corrected chi connectivity index (χ3v) is 10.4. The first kappa shape index (κ1) is 30.3. The van der Waals surface area contributed by atoms with Crippen molar-refractivity contribution in [2.45, 2.75) is 69.4 Å². The van der Waals surface area contributed by atoms with Gasteiger partial charge in [0.25, 0.3) is 0 Å². The third-order valence-electron chi connectivity index (χ3n) is 10.4. The molecule has 7 rings (SSSR count). The first-order chi connectivity index (χ1) is 22.6. The van der Waals surface area contributed by atoms with Gasteiger partial charge in [0, 0.05) is 60.3 Å². The summed E-state index contributed by atoms with van der Waals surface area (Å²) in [6.45, 7) is 3.25. The van der Waals surface area contributed by atoms with Crippen LogP contribution in [0.3, 0.4) is 0 Å². The number of hydrogen-bond acceptors (Lipinski definition) is 3. The molecule has 1 atom stereocenters. The Balaban J connectivity index is 1.02. The van der Waals surface area contributed by atoms with Crippen LogP contribution in [0.25, 0.3) is 21.8 Å². The van der Waals surface area contributed by atoms with E-state index in [4.69, 9.17) is 0 Å². The molecule has 238 valence electrons. The van der Waals surface area contributed by atoms with E-state index in [1.54, 1.807) is 0 Å². The number of piperidine rings is 1. The summed E-state index contributed by atoms with van der Waals surface area (Å²) in [5.74, 6) is 0.0491. The van der Waals surface area contributed by atoms with Gasteiger partial charge in [0.1, 0.15) is 11.6 Å². The molecule has 0 bridgehead atoms. The summed E-state index contributed by atoms with van der Waals surface area (Å²) in [6, 6.07) is 26.6. The Morgan fingerprint density at radius 3 is 2.04 bits per heavy atom. The van der Waals surface area contributed by atoms with Gasteiger partial charge in [-0.1, -0.05) is 79.6 Å². The van der Waals surface area contributed by atoms with Gasteiger partial charge in [-0.2, -0.15) is 0 Å². The van der Waals surface area contributed by atoms with Crippen LogP contribution in [-0.4, -0.2) is 69.3 Å². The van der Waals surface area contributed by atoms with Crippen LogP contribution in [0.4, 0.5) is 0 Å². The molecule has 2 aromatic heterocycles. The SMILES string of the molecule is O=C1C(Cc2c[nH]c3ccccc23)NC(=O)C2(CCN(CCCCCCc3ccccc3)CC2)N1CCc1c[nH]c2ccccc12. The minimum Gasteiger partial charge on any atom is -0.361 e. The summed E-state index contributed by atoms with van der Waals surface area (Å²) in [5, 5.41) is 5.49. The number of likely N-dealkylation sites (tertiary alicyclic amines) is 1. The van der Waals surface area contributed by atoms with Gasteiger partial charge in [0.2, 0.25) is 11.8 Å². The van der Waals surface area contributed by atoms with E-state index in [1.165, 1.54) is 42.2 Å². The highest BCUT2D eigenvalue weighted by molar-refractivity contribution is 6.00. The number of H-pyrrole nitrogens is 2. The lowest BCUT2D eigenvalue weighted by Gasteiger charge is -2.51. The van der Waals surface area contributed by atoms with Crippen molar-refractivity contribution in [1.29, 1.82) is 0 Å². The minimum absolute atomic E-state index is 0.0106. The number of nitrogens with zero attached hydrogens (tertiary/aromatic N) is 2. The molecule has 2 aliphatic rings. The van der Waals surface area contributed by atoms with Crippen LogP contribution in [0.15, 0.2) is 91.3 Å². The van der Waals surface area contributed by atoms with Crippen molar-refractivity contribution in [1.82, 2.24) is 25.1 Å². The van der Waals surface area contributed by atoms with Crippen LogP contribution in [-0.2, 0) is 28.9 Å². The van der Waals surface area contributed by atoms with Crippen LogP contribution in [0, 0.1) is 0 Å². The fourth-order valence-electron chi connectivity index (χ4n) is 7.74. The van der Waals surface area contributed by atoms with Gasteiger partial charge in [-0.25, -0.2) is 0 Å². The molecule has 7 nitrogen and oxygen atoms in total. The van der Waals surface area contributed by atoms with E-state index < -0.39 is 11.6 Å². The van der Waals surface area contributed by atoms with E-state index in [-0.39, 0.29) is 11.8 Å². The van der Waals surface area contributed by atoms with Crippen molar-refractivity contribution in [3.05, 3.63) is 108 Å². The highest BCUT2D eigenvalue weighted by Gasteiger charge is 2.53. The van der Waals surface area contributed by atoms with Crippen LogP contribution in [0.2, 0.25) is 0 Å². The lowest BCUT2D eigenvalue weighted by molar-refractivity contribution is -0.161. The highest BCUT2D eigenvalue weighted by Crippen LogP contribution is 2.35. The maximum Gasteiger partial charge on any atom is 0.246 e. The molecule has 0 saturated carbocycles. The summed E-state index contributed by atoms with van der Waals surface area (Å²) in [4.78, 5) is 39.7. The van der Waals surface area contributed by atoms with Crippen molar-refractivity contribution in [3.63, 3.8) is 0 Å². The molecular formula is C39H45N5O2. The fourth-order valence-corrected chi connectivity index (χ4v) is 7.74. The Hall–Kier alpha value is -4.36. The zero-order chi connectivity index (χ0) is 31.3. The van der Waals surface area contributed by atoms with Crippen molar-refractivity contribution in [3.8, 4) is 0 Å². The number of aryl methyl sites for hydroxylation is 1. The van der Waals surface area contributed by atoms with Crippen molar-refractivity contribution < 1.29 is 9.59 Å². The van der Waals surface area contributed by atoms with Crippen molar-refractivity contribution in [2.24, 2.45) is 0 Å². The molecule has 0 aliphatic carbocycles. The van der Waals surface area contributed by atoms with E-state index in [0.29, 0.717) is 32.2 Å². The first-order valence-corrected chi connectivity index (χ1v) is 17.1. The highest BCUT2D eigenvalue weighted by atomic mass is 16.2. The molecule has 3 aromatic carbocycles. The van der Waals surface area contributed by atoms with Gasteiger partial charge in [0.05, 0.1) is 0 Å². The number of para-hydroxylation sites is 2. The number of unbranched alkanes of at least 4 members (excludes halogenated alkanes) is 3. The van der Waals surface area contributed by atoms with E-state index in [2.05, 4.69) is 81.0 Å². The molecule has 2 fully saturated rings. The molecular weight excluding hydrogens is 570 g/mol. The van der Waals surface area contributed by atoms with Crippen LogP contribution < -0.4 is 5.32 Å². The predicted octanol–water partition coefficient (Wildman–Crippen LogP) is 6.40. The Labute approximate surface area is 271 Å². The summed E-state index contributed by atoms with van der Waals surface area (Å²) < 4.78 is 0. The van der Waals surface area contributed by atoms with Gasteiger partial charge in [-0.15, -0.1) is 0 Å². The average molecular weight is 616 g/mol. The second-order valence-corrected chi connectivity index (χ2v) is 13.2. The maximum absolute atomic E-state index is 14.4. The fraction of sp³-hybridized carbons (Fsp3) is 0.385. The number of benzene rings is 3. The standard InChI is InChI=1S/C39H45N5O2/c45-37-36(26-31-28-41-35-18-10-8-16-33(31)35)42-38(46)39(44(37)23-19-30-27-40-34-17-9-7-15-32(30)34)20-24-43(25-21-39)22-11-2-1-4-12-29-13-5-3-6-14-29/h3,5-10,13-18,27-28,36,40-41H,1-2,4,11-12,19-26H2,(H,42,46). The number of hydrogen-bond donors (Lipinski definition) is 3. The number of carbonyl (C=O) groups excluding carboxylic acids is 2. The molecule has 2 saturated heterocycles. The third kappa shape index (κ3) is 6.21. The van der Waals surface area contributed by atoms with Gasteiger partial charge in [-0.05, 0) is 73.9 Å². The zero-order valence-corrected chi connectivity index (χ0v) is 26.6. The van der Waals surface area contributed by atoms with E-state index in [1.807, 2.05) is 35.4 Å². The maximum atomic E-state index is 14.4. The Bertz CT molecular complexity index is 1780. The molecule has 3 N–H and O–H groups in total. The van der Waals surface area contributed by atoms with Crippen LogP contribution in [0.1, 0.15) is 55.2 Å². The van der Waals surface area contributed by atoms with E-state index in [9.17, 15) is 9.59 Å². The molecule has 46 heavy (non-hydrogen) atoms. The normalized spacial score (nSPS) is 18.5. The number of amides is 2. The molecule has 1 spiro atoms. The van der Waals surface area contributed by atoms with E-state index >= 15 is 0 Å². The number of nitrogens with one attached hydrogen (secondary N) is 3. The number of piperazine rings is 1. The average Bonchev–Trinajstić information content (AvgIpc) is 3.70.